The highest BCUT2D eigenvalue weighted by molar-refractivity contribution is 5.51. The lowest BCUT2D eigenvalue weighted by atomic mass is 10.1. The topological polar surface area (TPSA) is 70.8 Å². The van der Waals surface area contributed by atoms with Crippen LogP contribution in [0.2, 0.25) is 0 Å². The maximum absolute atomic E-state index is 13.1. The van der Waals surface area contributed by atoms with Crippen molar-refractivity contribution in [1.82, 2.24) is 14.9 Å². The van der Waals surface area contributed by atoms with Crippen LogP contribution in [0.15, 0.2) is 60.9 Å². The van der Waals surface area contributed by atoms with E-state index in [1.807, 2.05) is 12.1 Å². The molecule has 0 saturated carbocycles. The molecule has 0 amide bonds. The molecule has 2 aliphatic rings. The highest BCUT2D eigenvalue weighted by Gasteiger charge is 2.22. The van der Waals surface area contributed by atoms with E-state index in [0.717, 1.165) is 70.2 Å². The van der Waals surface area contributed by atoms with Gasteiger partial charge in [0.15, 0.2) is 0 Å². The lowest BCUT2D eigenvalue weighted by Gasteiger charge is -2.36. The predicted molar refractivity (Wildman–Crippen MR) is 133 cm³/mol. The standard InChI is InChI=1S/C26H31FN6O/c27-21-1-6-26(30-18-21)33-15-13-32(14-16-33)22-2-4-23(5-3-22)34-24-8-11-31(12-9-24)19-20-7-10-29-25(28)17-20/h1-7,10,17-18,24H,8-9,11-16,19H2,(H2,28,29). The molecule has 0 aliphatic carbocycles. The van der Waals surface area contributed by atoms with Gasteiger partial charge in [0.25, 0.3) is 0 Å². The van der Waals surface area contributed by atoms with E-state index in [9.17, 15) is 4.39 Å². The Bertz CT molecular complexity index is 1060. The van der Waals surface area contributed by atoms with E-state index in [1.165, 1.54) is 23.5 Å². The van der Waals surface area contributed by atoms with Gasteiger partial charge in [0.05, 0.1) is 6.20 Å². The maximum Gasteiger partial charge on any atom is 0.141 e. The van der Waals surface area contributed by atoms with Crippen molar-refractivity contribution in [2.75, 3.05) is 54.8 Å². The fourth-order valence-electron chi connectivity index (χ4n) is 4.71. The first-order valence-corrected chi connectivity index (χ1v) is 11.9. The Balaban J connectivity index is 1.08. The average molecular weight is 463 g/mol. The fraction of sp³-hybridized carbons (Fsp3) is 0.385. The zero-order valence-corrected chi connectivity index (χ0v) is 19.3. The van der Waals surface area contributed by atoms with Gasteiger partial charge in [-0.15, -0.1) is 0 Å². The monoisotopic (exact) mass is 462 g/mol. The number of hydrogen-bond donors (Lipinski definition) is 1. The molecule has 0 bridgehead atoms. The number of piperidine rings is 1. The van der Waals surface area contributed by atoms with E-state index >= 15 is 0 Å². The third-order valence-electron chi connectivity index (χ3n) is 6.61. The molecule has 7 nitrogen and oxygen atoms in total. The maximum atomic E-state index is 13.1. The second-order valence-electron chi connectivity index (χ2n) is 8.98. The summed E-state index contributed by atoms with van der Waals surface area (Å²) >= 11 is 0. The summed E-state index contributed by atoms with van der Waals surface area (Å²) in [6.07, 6.45) is 5.33. The molecule has 178 valence electrons. The number of pyridine rings is 2. The largest absolute Gasteiger partial charge is 0.490 e. The molecule has 0 atom stereocenters. The van der Waals surface area contributed by atoms with Gasteiger partial charge in [-0.1, -0.05) is 0 Å². The number of benzene rings is 1. The normalized spacial score (nSPS) is 17.7. The van der Waals surface area contributed by atoms with Gasteiger partial charge in [-0.25, -0.2) is 14.4 Å². The number of nitrogens with two attached hydrogens (primary N) is 1. The molecule has 2 aromatic heterocycles. The quantitative estimate of drug-likeness (QED) is 0.601. The summed E-state index contributed by atoms with van der Waals surface area (Å²) in [5.41, 5.74) is 8.20. The van der Waals surface area contributed by atoms with Crippen LogP contribution in [0.4, 0.5) is 21.7 Å². The van der Waals surface area contributed by atoms with Crippen LogP contribution in [0.3, 0.4) is 0 Å². The first-order valence-electron chi connectivity index (χ1n) is 11.9. The molecule has 2 N–H and O–H groups in total. The van der Waals surface area contributed by atoms with Crippen LogP contribution in [0.1, 0.15) is 18.4 Å². The van der Waals surface area contributed by atoms with E-state index in [-0.39, 0.29) is 11.9 Å². The Kier molecular flexibility index (Phi) is 6.76. The molecule has 3 aromatic rings. The first-order chi connectivity index (χ1) is 16.6. The number of nitrogen functional groups attached to an aromatic ring is 1. The van der Waals surface area contributed by atoms with Gasteiger partial charge < -0.3 is 20.3 Å². The Labute approximate surface area is 200 Å². The minimum absolute atomic E-state index is 0.247. The molecule has 8 heteroatoms. The molecule has 4 heterocycles. The number of nitrogens with zero attached hydrogens (tertiary/aromatic N) is 5. The Morgan fingerprint density at radius 2 is 1.62 bits per heavy atom. The number of halogens is 1. The molecule has 2 aliphatic heterocycles. The van der Waals surface area contributed by atoms with Crippen LogP contribution in [-0.2, 0) is 6.54 Å². The van der Waals surface area contributed by atoms with Crippen LogP contribution in [0, 0.1) is 5.82 Å². The molecule has 2 fully saturated rings. The smallest absolute Gasteiger partial charge is 0.141 e. The molecule has 2 saturated heterocycles. The molecular formula is C26H31FN6O. The number of likely N-dealkylation sites (tertiary alicyclic amines) is 1. The van der Waals surface area contributed by atoms with E-state index in [4.69, 9.17) is 10.5 Å². The summed E-state index contributed by atoms with van der Waals surface area (Å²) in [6.45, 7) is 6.46. The predicted octanol–water partition coefficient (Wildman–Crippen LogP) is 3.57. The van der Waals surface area contributed by atoms with Gasteiger partial charge in [0.2, 0.25) is 0 Å². The molecule has 1 aromatic carbocycles. The van der Waals surface area contributed by atoms with Gasteiger partial charge >= 0.3 is 0 Å². The molecule has 5 rings (SSSR count). The third-order valence-corrected chi connectivity index (χ3v) is 6.61. The SMILES string of the molecule is Nc1cc(CN2CCC(Oc3ccc(N4CCN(c5ccc(F)cn5)CC4)cc3)CC2)ccn1. The van der Waals surface area contributed by atoms with Gasteiger partial charge in [-0.2, -0.15) is 0 Å². The zero-order valence-electron chi connectivity index (χ0n) is 19.3. The van der Waals surface area contributed by atoms with E-state index < -0.39 is 0 Å². The number of rotatable bonds is 6. The highest BCUT2D eigenvalue weighted by Crippen LogP contribution is 2.25. The second kappa shape index (κ2) is 10.3. The summed E-state index contributed by atoms with van der Waals surface area (Å²) in [6, 6.07) is 15.6. The van der Waals surface area contributed by atoms with E-state index in [2.05, 4.69) is 48.9 Å². The van der Waals surface area contributed by atoms with Crippen LogP contribution in [0.5, 0.6) is 5.75 Å². The van der Waals surface area contributed by atoms with Crippen molar-refractivity contribution in [3.05, 3.63) is 72.3 Å². The van der Waals surface area contributed by atoms with E-state index in [1.54, 1.807) is 12.3 Å². The fourth-order valence-corrected chi connectivity index (χ4v) is 4.71. The van der Waals surface area contributed by atoms with Crippen molar-refractivity contribution in [2.24, 2.45) is 0 Å². The molecular weight excluding hydrogens is 431 g/mol. The van der Waals surface area contributed by atoms with E-state index in [0.29, 0.717) is 5.82 Å². The van der Waals surface area contributed by atoms with Crippen LogP contribution in [0.25, 0.3) is 0 Å². The summed E-state index contributed by atoms with van der Waals surface area (Å²) in [5, 5.41) is 0. The minimum Gasteiger partial charge on any atom is -0.490 e. The lowest BCUT2D eigenvalue weighted by Crippen LogP contribution is -2.46. The van der Waals surface area contributed by atoms with Crippen molar-refractivity contribution in [2.45, 2.75) is 25.5 Å². The summed E-state index contributed by atoms with van der Waals surface area (Å²) < 4.78 is 19.4. The van der Waals surface area contributed by atoms with Crippen molar-refractivity contribution in [3.8, 4) is 5.75 Å². The summed E-state index contributed by atoms with van der Waals surface area (Å²) in [5.74, 6) is 2.04. The Morgan fingerprint density at radius 1 is 0.882 bits per heavy atom. The van der Waals surface area contributed by atoms with Crippen LogP contribution >= 0.6 is 0 Å². The molecule has 0 spiro atoms. The average Bonchev–Trinajstić information content (AvgIpc) is 2.86. The van der Waals surface area contributed by atoms with Crippen LogP contribution in [-0.4, -0.2) is 60.2 Å². The van der Waals surface area contributed by atoms with Crippen molar-refractivity contribution in [3.63, 3.8) is 0 Å². The van der Waals surface area contributed by atoms with Gasteiger partial charge in [-0.3, -0.25) is 4.90 Å². The minimum atomic E-state index is -0.300. The van der Waals surface area contributed by atoms with Crippen molar-refractivity contribution in [1.29, 1.82) is 0 Å². The second-order valence-corrected chi connectivity index (χ2v) is 8.98. The number of aromatic nitrogens is 2. The Morgan fingerprint density at radius 3 is 2.29 bits per heavy atom. The van der Waals surface area contributed by atoms with Crippen molar-refractivity contribution < 1.29 is 9.13 Å². The van der Waals surface area contributed by atoms with Crippen LogP contribution < -0.4 is 20.3 Å². The summed E-state index contributed by atoms with van der Waals surface area (Å²) in [7, 11) is 0. The molecule has 0 radical (unpaired) electrons. The van der Waals surface area contributed by atoms with Gasteiger partial charge in [0, 0.05) is 57.7 Å². The number of ether oxygens (including phenoxy) is 1. The third kappa shape index (κ3) is 5.56. The molecule has 0 unspecified atom stereocenters. The number of hydrogen-bond acceptors (Lipinski definition) is 7. The van der Waals surface area contributed by atoms with Gasteiger partial charge in [0.1, 0.15) is 29.3 Å². The first kappa shape index (κ1) is 22.4. The number of anilines is 3. The summed E-state index contributed by atoms with van der Waals surface area (Å²) in [4.78, 5) is 15.3. The Hall–Kier alpha value is -3.39. The lowest BCUT2D eigenvalue weighted by molar-refractivity contribution is 0.0968. The highest BCUT2D eigenvalue weighted by atomic mass is 19.1. The van der Waals surface area contributed by atoms with Crippen molar-refractivity contribution >= 4 is 17.3 Å². The molecule has 34 heavy (non-hydrogen) atoms. The van der Waals surface area contributed by atoms with Gasteiger partial charge in [-0.05, 0) is 66.9 Å². The number of piperazine rings is 1. The zero-order chi connectivity index (χ0) is 23.3.